The zero-order valence-corrected chi connectivity index (χ0v) is 12.6. The summed E-state index contributed by atoms with van der Waals surface area (Å²) in [6.45, 7) is 4.22. The first-order valence-electron chi connectivity index (χ1n) is 7.04. The van der Waals surface area contributed by atoms with Gasteiger partial charge in [-0.3, -0.25) is 10.1 Å². The predicted molar refractivity (Wildman–Crippen MR) is 82.0 cm³/mol. The fraction of sp³-hybridized carbons (Fsp3) is 0.467. The number of anilines is 1. The maximum absolute atomic E-state index is 11.4. The SMILES string of the molecule is CC(C)[C@@H]1Nc2c(O)cc(Cl)c([N+](=O)[O-])c2[C@H]2C=CC[C@H]21. The van der Waals surface area contributed by atoms with Crippen molar-refractivity contribution < 1.29 is 10.0 Å². The van der Waals surface area contributed by atoms with Crippen molar-refractivity contribution in [2.45, 2.75) is 32.2 Å². The first kappa shape index (κ1) is 14.2. The van der Waals surface area contributed by atoms with Gasteiger partial charge in [0, 0.05) is 18.0 Å². The number of rotatable bonds is 2. The topological polar surface area (TPSA) is 75.4 Å². The van der Waals surface area contributed by atoms with E-state index in [9.17, 15) is 15.2 Å². The fourth-order valence-corrected chi connectivity index (χ4v) is 3.87. The van der Waals surface area contributed by atoms with E-state index in [-0.39, 0.29) is 34.3 Å². The molecule has 2 aliphatic rings. The third-order valence-corrected chi connectivity index (χ3v) is 4.78. The van der Waals surface area contributed by atoms with Gasteiger partial charge in [-0.2, -0.15) is 0 Å². The standard InChI is InChI=1S/C15H17ClN2O3/c1-7(2)13-9-5-3-4-8(9)12-14(17-13)11(19)6-10(16)15(12)18(20)21/h3-4,6-9,13,17,19H,5H2,1-2H3/t8-,9+,13-/m0/s1. The highest BCUT2D eigenvalue weighted by Gasteiger charge is 2.44. The number of fused-ring (bicyclic) bond motifs is 3. The quantitative estimate of drug-likeness (QED) is 0.374. The molecular formula is C15H17ClN2O3. The maximum atomic E-state index is 11.4. The molecule has 1 aromatic carbocycles. The molecule has 6 heteroatoms. The lowest BCUT2D eigenvalue weighted by Gasteiger charge is -2.39. The summed E-state index contributed by atoms with van der Waals surface area (Å²) in [5.74, 6) is 0.525. The number of nitrogens with zero attached hydrogens (tertiary/aromatic N) is 1. The number of nitro groups is 1. The second-order valence-electron chi connectivity index (χ2n) is 6.04. The van der Waals surface area contributed by atoms with Gasteiger partial charge < -0.3 is 10.4 Å². The minimum atomic E-state index is -0.457. The summed E-state index contributed by atoms with van der Waals surface area (Å²) in [4.78, 5) is 10.9. The summed E-state index contributed by atoms with van der Waals surface area (Å²) in [6.07, 6.45) is 4.94. The zero-order chi connectivity index (χ0) is 15.3. The number of hydrogen-bond donors (Lipinski definition) is 2. The molecule has 0 saturated carbocycles. The Bertz CT molecular complexity index is 642. The van der Waals surface area contributed by atoms with E-state index in [0.29, 0.717) is 17.2 Å². The van der Waals surface area contributed by atoms with E-state index in [0.717, 1.165) is 6.42 Å². The summed E-state index contributed by atoms with van der Waals surface area (Å²) < 4.78 is 0. The second-order valence-corrected chi connectivity index (χ2v) is 6.45. The van der Waals surface area contributed by atoms with Crippen molar-refractivity contribution in [1.82, 2.24) is 0 Å². The Labute approximate surface area is 127 Å². The average molecular weight is 309 g/mol. The number of nitrogens with one attached hydrogen (secondary N) is 1. The number of halogens is 1. The highest BCUT2D eigenvalue weighted by Crippen LogP contribution is 2.54. The Balaban J connectivity index is 2.24. The number of benzene rings is 1. The minimum Gasteiger partial charge on any atom is -0.506 e. The molecule has 0 amide bonds. The van der Waals surface area contributed by atoms with Gasteiger partial charge in [0.15, 0.2) is 0 Å². The van der Waals surface area contributed by atoms with E-state index in [1.807, 2.05) is 6.08 Å². The monoisotopic (exact) mass is 308 g/mol. The van der Waals surface area contributed by atoms with Crippen LogP contribution in [-0.4, -0.2) is 16.1 Å². The molecule has 0 saturated heterocycles. The average Bonchev–Trinajstić information content (AvgIpc) is 2.86. The Morgan fingerprint density at radius 1 is 1.52 bits per heavy atom. The summed E-state index contributed by atoms with van der Waals surface area (Å²) >= 11 is 6.00. The molecule has 1 aliphatic heterocycles. The number of nitro benzene ring substituents is 1. The Kier molecular flexibility index (Phi) is 3.32. The molecule has 0 radical (unpaired) electrons. The molecule has 0 spiro atoms. The normalized spacial score (nSPS) is 26.4. The highest BCUT2D eigenvalue weighted by atomic mass is 35.5. The van der Waals surface area contributed by atoms with Gasteiger partial charge in [-0.05, 0) is 18.3 Å². The summed E-state index contributed by atoms with van der Waals surface area (Å²) in [6, 6.07) is 1.42. The molecule has 1 heterocycles. The molecule has 0 fully saturated rings. The number of hydrogen-bond acceptors (Lipinski definition) is 4. The van der Waals surface area contributed by atoms with Gasteiger partial charge in [-0.25, -0.2) is 0 Å². The van der Waals surface area contributed by atoms with Gasteiger partial charge in [0.25, 0.3) is 5.69 Å². The lowest BCUT2D eigenvalue weighted by molar-refractivity contribution is -0.385. The Hall–Kier alpha value is -1.75. The van der Waals surface area contributed by atoms with Gasteiger partial charge in [-0.15, -0.1) is 0 Å². The lowest BCUT2D eigenvalue weighted by atomic mass is 9.75. The first-order valence-corrected chi connectivity index (χ1v) is 7.42. The molecule has 1 aromatic rings. The highest BCUT2D eigenvalue weighted by molar-refractivity contribution is 6.33. The second kappa shape index (κ2) is 4.91. The zero-order valence-electron chi connectivity index (χ0n) is 11.8. The van der Waals surface area contributed by atoms with Crippen LogP contribution in [0.2, 0.25) is 5.02 Å². The van der Waals surface area contributed by atoms with Crippen LogP contribution in [0.25, 0.3) is 0 Å². The molecule has 0 bridgehead atoms. The largest absolute Gasteiger partial charge is 0.506 e. The summed E-state index contributed by atoms with van der Waals surface area (Å²) in [5.41, 5.74) is 0.874. The third-order valence-electron chi connectivity index (χ3n) is 4.49. The maximum Gasteiger partial charge on any atom is 0.293 e. The lowest BCUT2D eigenvalue weighted by Crippen LogP contribution is -2.39. The van der Waals surface area contributed by atoms with Crippen LogP contribution in [-0.2, 0) is 0 Å². The molecule has 0 aromatic heterocycles. The molecule has 0 unspecified atom stereocenters. The van der Waals surface area contributed by atoms with E-state index >= 15 is 0 Å². The van der Waals surface area contributed by atoms with E-state index in [1.165, 1.54) is 6.07 Å². The Morgan fingerprint density at radius 3 is 2.86 bits per heavy atom. The van der Waals surface area contributed by atoms with Crippen LogP contribution < -0.4 is 5.32 Å². The van der Waals surface area contributed by atoms with Crippen LogP contribution in [0.1, 0.15) is 31.7 Å². The van der Waals surface area contributed by atoms with Crippen molar-refractivity contribution in [2.75, 3.05) is 5.32 Å². The van der Waals surface area contributed by atoms with Crippen molar-refractivity contribution in [3.63, 3.8) is 0 Å². The number of phenols is 1. The van der Waals surface area contributed by atoms with E-state index in [2.05, 4.69) is 25.2 Å². The fourth-order valence-electron chi connectivity index (χ4n) is 3.59. The molecule has 5 nitrogen and oxygen atoms in total. The van der Waals surface area contributed by atoms with Gasteiger partial charge >= 0.3 is 0 Å². The van der Waals surface area contributed by atoms with Crippen LogP contribution in [0.15, 0.2) is 18.2 Å². The van der Waals surface area contributed by atoms with E-state index in [4.69, 9.17) is 11.6 Å². The number of aromatic hydroxyl groups is 1. The molecule has 112 valence electrons. The van der Waals surface area contributed by atoms with Crippen molar-refractivity contribution in [1.29, 1.82) is 0 Å². The Morgan fingerprint density at radius 2 is 2.24 bits per heavy atom. The minimum absolute atomic E-state index is 0.0138. The van der Waals surface area contributed by atoms with Crippen molar-refractivity contribution in [2.24, 2.45) is 11.8 Å². The first-order chi connectivity index (χ1) is 9.91. The third kappa shape index (κ3) is 2.07. The van der Waals surface area contributed by atoms with Crippen molar-refractivity contribution in [3.05, 3.63) is 38.9 Å². The van der Waals surface area contributed by atoms with Crippen molar-refractivity contribution in [3.8, 4) is 5.75 Å². The number of phenolic OH excluding ortho intramolecular Hbond substituents is 1. The van der Waals surface area contributed by atoms with Crippen LogP contribution in [0.3, 0.4) is 0 Å². The summed E-state index contributed by atoms with van der Waals surface area (Å²) in [7, 11) is 0. The van der Waals surface area contributed by atoms with E-state index < -0.39 is 4.92 Å². The smallest absolute Gasteiger partial charge is 0.293 e. The number of allylic oxidation sites excluding steroid dienone is 2. The van der Waals surface area contributed by atoms with Crippen molar-refractivity contribution >= 4 is 23.0 Å². The predicted octanol–water partition coefficient (Wildman–Crippen LogP) is 4.06. The van der Waals surface area contributed by atoms with E-state index in [1.54, 1.807) is 0 Å². The molecule has 3 atom stereocenters. The van der Waals surface area contributed by atoms with Crippen LogP contribution in [0.4, 0.5) is 11.4 Å². The summed E-state index contributed by atoms with van der Waals surface area (Å²) in [5, 5.41) is 24.9. The van der Waals surface area contributed by atoms with Crippen LogP contribution >= 0.6 is 11.6 Å². The van der Waals surface area contributed by atoms with Crippen LogP contribution in [0.5, 0.6) is 5.75 Å². The molecule has 1 aliphatic carbocycles. The van der Waals surface area contributed by atoms with Gasteiger partial charge in [0.1, 0.15) is 10.8 Å². The van der Waals surface area contributed by atoms with Gasteiger partial charge in [0.05, 0.1) is 16.2 Å². The molecule has 2 N–H and O–H groups in total. The van der Waals surface area contributed by atoms with Crippen LogP contribution in [0, 0.1) is 22.0 Å². The molecular weight excluding hydrogens is 292 g/mol. The van der Waals surface area contributed by atoms with Gasteiger partial charge in [-0.1, -0.05) is 37.6 Å². The van der Waals surface area contributed by atoms with Gasteiger partial charge in [0.2, 0.25) is 0 Å². The molecule has 21 heavy (non-hydrogen) atoms. The molecule has 3 rings (SSSR count).